The maximum atomic E-state index is 12.5. The van der Waals surface area contributed by atoms with Crippen LogP contribution in [0.1, 0.15) is 25.0 Å². The lowest BCUT2D eigenvalue weighted by atomic mass is 10.0. The van der Waals surface area contributed by atoms with Crippen LogP contribution < -0.4 is 9.47 Å². The Balaban J connectivity index is 2.36. The fraction of sp³-hybridized carbons (Fsp3) is 0.350. The van der Waals surface area contributed by atoms with Gasteiger partial charge in [-0.15, -0.1) is 6.58 Å². The molecule has 2 rings (SSSR count). The van der Waals surface area contributed by atoms with Gasteiger partial charge in [0.25, 0.3) is 11.1 Å². The molecule has 0 unspecified atom stereocenters. The molecule has 1 aromatic rings. The van der Waals surface area contributed by atoms with Crippen LogP contribution in [0.5, 0.6) is 11.5 Å². The highest BCUT2D eigenvalue weighted by Crippen LogP contribution is 2.37. The van der Waals surface area contributed by atoms with E-state index < -0.39 is 23.7 Å². The predicted molar refractivity (Wildman–Crippen MR) is 107 cm³/mol. The molecule has 0 aliphatic carbocycles. The average molecular weight is 405 g/mol. The van der Waals surface area contributed by atoms with Crippen LogP contribution in [0.3, 0.4) is 0 Å². The zero-order valence-corrected chi connectivity index (χ0v) is 17.0. The van der Waals surface area contributed by atoms with Gasteiger partial charge in [0.05, 0.1) is 25.2 Å². The maximum Gasteiger partial charge on any atom is 0.326 e. The average Bonchev–Trinajstić information content (AvgIpc) is 2.90. The lowest BCUT2D eigenvalue weighted by molar-refractivity contribution is -0.145. The molecular weight excluding hydrogens is 382 g/mol. The van der Waals surface area contributed by atoms with E-state index in [4.69, 9.17) is 14.2 Å². The van der Waals surface area contributed by atoms with E-state index in [0.29, 0.717) is 30.1 Å². The minimum absolute atomic E-state index is 0.184. The number of hydrogen-bond donors (Lipinski definition) is 0. The number of carbonyl (C=O) groups is 3. The Morgan fingerprint density at radius 1 is 1.25 bits per heavy atom. The van der Waals surface area contributed by atoms with Crippen LogP contribution in [0.4, 0.5) is 4.79 Å². The van der Waals surface area contributed by atoms with E-state index in [9.17, 15) is 14.4 Å². The molecule has 0 bridgehead atoms. The molecule has 0 radical (unpaired) electrons. The fourth-order valence-corrected chi connectivity index (χ4v) is 3.53. The summed E-state index contributed by atoms with van der Waals surface area (Å²) >= 11 is 0.784. The molecule has 1 aliphatic heterocycles. The van der Waals surface area contributed by atoms with Crippen LogP contribution in [0.15, 0.2) is 29.7 Å². The molecule has 150 valence electrons. The van der Waals surface area contributed by atoms with E-state index in [-0.39, 0.29) is 11.5 Å². The van der Waals surface area contributed by atoms with E-state index in [2.05, 4.69) is 6.58 Å². The third-order valence-electron chi connectivity index (χ3n) is 3.79. The van der Waals surface area contributed by atoms with Crippen molar-refractivity contribution in [1.29, 1.82) is 0 Å². The first-order valence-corrected chi connectivity index (χ1v) is 9.62. The van der Waals surface area contributed by atoms with Crippen molar-refractivity contribution in [3.63, 3.8) is 0 Å². The summed E-state index contributed by atoms with van der Waals surface area (Å²) in [6, 6.07) is 3.59. The Labute approximate surface area is 168 Å². The van der Waals surface area contributed by atoms with Gasteiger partial charge in [0.15, 0.2) is 11.5 Å². The van der Waals surface area contributed by atoms with Crippen molar-refractivity contribution in [3.8, 4) is 11.5 Å². The molecule has 1 aromatic carbocycles. The van der Waals surface area contributed by atoms with Crippen molar-refractivity contribution in [1.82, 2.24) is 4.90 Å². The van der Waals surface area contributed by atoms with E-state index in [1.807, 2.05) is 13.0 Å². The molecule has 1 aliphatic rings. The maximum absolute atomic E-state index is 12.5. The summed E-state index contributed by atoms with van der Waals surface area (Å²) in [6.45, 7) is 7.50. The van der Waals surface area contributed by atoms with Crippen molar-refractivity contribution in [2.75, 3.05) is 26.9 Å². The van der Waals surface area contributed by atoms with E-state index in [1.54, 1.807) is 32.3 Å². The number of methoxy groups -OCH3 is 1. The number of allylic oxidation sites excluding steroid dienone is 1. The Hall–Kier alpha value is -2.74. The third-order valence-corrected chi connectivity index (χ3v) is 4.69. The molecule has 0 atom stereocenters. The monoisotopic (exact) mass is 405 g/mol. The Kier molecular flexibility index (Phi) is 7.69. The molecule has 2 amide bonds. The van der Waals surface area contributed by atoms with Crippen LogP contribution >= 0.6 is 11.8 Å². The van der Waals surface area contributed by atoms with E-state index in [1.165, 1.54) is 0 Å². The highest BCUT2D eigenvalue weighted by molar-refractivity contribution is 8.18. The van der Waals surface area contributed by atoms with Crippen LogP contribution in [0.2, 0.25) is 0 Å². The van der Waals surface area contributed by atoms with Gasteiger partial charge in [-0.2, -0.15) is 0 Å². The SMILES string of the molecule is C=CCc1cc(/C=C2\SC(=O)N(CC(=O)OCC)C2=O)cc(OCC)c1OC. The van der Waals surface area contributed by atoms with Gasteiger partial charge >= 0.3 is 5.97 Å². The number of benzene rings is 1. The number of thioether (sulfide) groups is 1. The number of amides is 2. The molecule has 7 nitrogen and oxygen atoms in total. The molecule has 28 heavy (non-hydrogen) atoms. The molecule has 0 saturated carbocycles. The number of esters is 1. The summed E-state index contributed by atoms with van der Waals surface area (Å²) in [7, 11) is 1.56. The zero-order chi connectivity index (χ0) is 20.7. The largest absolute Gasteiger partial charge is 0.493 e. The van der Waals surface area contributed by atoms with Gasteiger partial charge in [0.2, 0.25) is 0 Å². The first-order chi connectivity index (χ1) is 13.4. The molecule has 0 N–H and O–H groups in total. The lowest BCUT2D eigenvalue weighted by Gasteiger charge is -2.14. The second kappa shape index (κ2) is 9.98. The third kappa shape index (κ3) is 4.95. The minimum Gasteiger partial charge on any atom is -0.493 e. The van der Waals surface area contributed by atoms with Crippen LogP contribution in [-0.4, -0.2) is 48.9 Å². The molecule has 0 spiro atoms. The number of nitrogens with zero attached hydrogens (tertiary/aromatic N) is 1. The second-order valence-electron chi connectivity index (χ2n) is 5.71. The highest BCUT2D eigenvalue weighted by Gasteiger charge is 2.36. The Bertz CT molecular complexity index is 817. The van der Waals surface area contributed by atoms with Gasteiger partial charge in [-0.25, -0.2) is 0 Å². The van der Waals surface area contributed by atoms with Gasteiger partial charge in [-0.1, -0.05) is 6.08 Å². The van der Waals surface area contributed by atoms with Gasteiger partial charge in [0.1, 0.15) is 6.54 Å². The van der Waals surface area contributed by atoms with Gasteiger partial charge in [-0.05, 0) is 55.8 Å². The molecular formula is C20H23NO6S. The Morgan fingerprint density at radius 2 is 2.00 bits per heavy atom. The number of ether oxygens (including phenoxy) is 3. The van der Waals surface area contributed by atoms with E-state index >= 15 is 0 Å². The topological polar surface area (TPSA) is 82.1 Å². The summed E-state index contributed by atoms with van der Waals surface area (Å²) in [4.78, 5) is 37.4. The van der Waals surface area contributed by atoms with Crippen molar-refractivity contribution >= 4 is 35.0 Å². The van der Waals surface area contributed by atoms with Crippen molar-refractivity contribution in [3.05, 3.63) is 40.8 Å². The standard InChI is InChI=1S/C20H23NO6S/c1-5-8-14-9-13(10-15(26-6-2)18(14)25-4)11-16-19(23)21(20(24)28-16)12-17(22)27-7-3/h5,9-11H,1,6-8,12H2,2-4H3/b16-11-. The molecule has 1 fully saturated rings. The Morgan fingerprint density at radius 3 is 2.61 bits per heavy atom. The molecule has 8 heteroatoms. The molecule has 1 heterocycles. The van der Waals surface area contributed by atoms with Crippen LogP contribution in [0.25, 0.3) is 6.08 Å². The summed E-state index contributed by atoms with van der Waals surface area (Å²) in [5.41, 5.74) is 1.53. The normalized spacial score (nSPS) is 15.1. The quantitative estimate of drug-likeness (QED) is 0.354. The number of hydrogen-bond acceptors (Lipinski definition) is 7. The van der Waals surface area contributed by atoms with Crippen molar-refractivity contribution < 1.29 is 28.6 Å². The van der Waals surface area contributed by atoms with Gasteiger partial charge in [0, 0.05) is 5.56 Å². The lowest BCUT2D eigenvalue weighted by Crippen LogP contribution is -2.34. The molecule has 0 aromatic heterocycles. The second-order valence-corrected chi connectivity index (χ2v) is 6.70. The summed E-state index contributed by atoms with van der Waals surface area (Å²) in [6.07, 6.45) is 3.89. The smallest absolute Gasteiger partial charge is 0.326 e. The predicted octanol–water partition coefficient (Wildman–Crippen LogP) is 3.42. The number of carbonyl (C=O) groups excluding carboxylic acids is 3. The van der Waals surface area contributed by atoms with Gasteiger partial charge in [-0.3, -0.25) is 19.3 Å². The van der Waals surface area contributed by atoms with Crippen molar-refractivity contribution in [2.24, 2.45) is 0 Å². The summed E-state index contributed by atoms with van der Waals surface area (Å²) in [5.74, 6) is 0.000156. The molecule has 1 saturated heterocycles. The van der Waals surface area contributed by atoms with Crippen molar-refractivity contribution in [2.45, 2.75) is 20.3 Å². The number of imide groups is 1. The van der Waals surface area contributed by atoms with Gasteiger partial charge < -0.3 is 14.2 Å². The first kappa shape index (κ1) is 21.6. The van der Waals surface area contributed by atoms with Crippen LogP contribution in [-0.2, 0) is 20.7 Å². The van der Waals surface area contributed by atoms with E-state index in [0.717, 1.165) is 22.2 Å². The zero-order valence-electron chi connectivity index (χ0n) is 16.1. The fourth-order valence-electron chi connectivity index (χ4n) is 2.69. The summed E-state index contributed by atoms with van der Waals surface area (Å²) in [5, 5.41) is -0.505. The highest BCUT2D eigenvalue weighted by atomic mass is 32.2. The first-order valence-electron chi connectivity index (χ1n) is 8.80. The number of rotatable bonds is 9. The minimum atomic E-state index is -0.623. The van der Waals surface area contributed by atoms with Crippen LogP contribution in [0, 0.1) is 0 Å². The summed E-state index contributed by atoms with van der Waals surface area (Å²) < 4.78 is 15.9.